The maximum Gasteiger partial charge on any atom is 0.326 e. The van der Waals surface area contributed by atoms with Crippen LogP contribution in [0.4, 0.5) is 4.79 Å². The third kappa shape index (κ3) is 4.23. The third-order valence-electron chi connectivity index (χ3n) is 4.85. The van der Waals surface area contributed by atoms with Crippen LogP contribution in [-0.2, 0) is 26.5 Å². The van der Waals surface area contributed by atoms with Crippen molar-refractivity contribution in [2.75, 3.05) is 13.2 Å². The van der Waals surface area contributed by atoms with Crippen LogP contribution >= 0.6 is 0 Å². The second-order valence-corrected chi connectivity index (χ2v) is 7.01. The van der Waals surface area contributed by atoms with Crippen LogP contribution in [0.3, 0.4) is 0 Å². The molecule has 0 aromatic heterocycles. The summed E-state index contributed by atoms with van der Waals surface area (Å²) < 4.78 is 10.8. The van der Waals surface area contributed by atoms with Gasteiger partial charge >= 0.3 is 12.0 Å². The van der Waals surface area contributed by atoms with Crippen molar-refractivity contribution in [2.45, 2.75) is 32.9 Å². The van der Waals surface area contributed by atoms with Crippen LogP contribution in [0.25, 0.3) is 0 Å². The van der Waals surface area contributed by atoms with E-state index in [1.807, 2.05) is 38.1 Å². The van der Waals surface area contributed by atoms with Gasteiger partial charge in [0.25, 0.3) is 5.91 Å². The van der Waals surface area contributed by atoms with Crippen molar-refractivity contribution >= 4 is 17.9 Å². The molecular weight excluding hydrogens is 372 g/mol. The van der Waals surface area contributed by atoms with Gasteiger partial charge in [0.2, 0.25) is 0 Å². The Bertz CT molecular complexity index is 925. The van der Waals surface area contributed by atoms with E-state index in [4.69, 9.17) is 9.47 Å². The summed E-state index contributed by atoms with van der Waals surface area (Å²) >= 11 is 0. The number of hydrogen-bond donors (Lipinski definition) is 1. The first-order valence-electron chi connectivity index (χ1n) is 9.42. The summed E-state index contributed by atoms with van der Waals surface area (Å²) in [7, 11) is 0. The quantitative estimate of drug-likeness (QED) is 0.575. The fourth-order valence-electron chi connectivity index (χ4n) is 3.18. The van der Waals surface area contributed by atoms with Crippen molar-refractivity contribution in [3.8, 4) is 5.75 Å². The summed E-state index contributed by atoms with van der Waals surface area (Å²) in [5.41, 5.74) is 1.20. The Labute approximate surface area is 169 Å². The number of nitrogens with zero attached hydrogens (tertiary/aromatic N) is 1. The van der Waals surface area contributed by atoms with E-state index in [2.05, 4.69) is 5.32 Å². The van der Waals surface area contributed by atoms with Crippen LogP contribution in [0.5, 0.6) is 5.75 Å². The van der Waals surface area contributed by atoms with Crippen LogP contribution in [-0.4, -0.2) is 36.0 Å². The minimum Gasteiger partial charge on any atom is -0.493 e. The second kappa shape index (κ2) is 8.34. The fourth-order valence-corrected chi connectivity index (χ4v) is 3.18. The summed E-state index contributed by atoms with van der Waals surface area (Å²) in [5, 5.41) is 2.68. The Kier molecular flexibility index (Phi) is 5.87. The highest BCUT2D eigenvalue weighted by Crippen LogP contribution is 2.29. The van der Waals surface area contributed by atoms with Crippen molar-refractivity contribution < 1.29 is 23.9 Å². The molecule has 1 N–H and O–H groups in total. The zero-order chi connectivity index (χ0) is 21.0. The molecule has 1 fully saturated rings. The minimum absolute atomic E-state index is 0.00607. The lowest BCUT2D eigenvalue weighted by molar-refractivity contribution is -0.148. The molecule has 0 radical (unpaired) electrons. The zero-order valence-corrected chi connectivity index (χ0v) is 16.7. The Morgan fingerprint density at radius 3 is 2.48 bits per heavy atom. The van der Waals surface area contributed by atoms with Crippen molar-refractivity contribution in [1.82, 2.24) is 10.2 Å². The van der Waals surface area contributed by atoms with Gasteiger partial charge in [0.1, 0.15) is 24.4 Å². The van der Waals surface area contributed by atoms with E-state index in [9.17, 15) is 14.4 Å². The molecule has 0 unspecified atom stereocenters. The third-order valence-corrected chi connectivity index (χ3v) is 4.85. The molecule has 0 bridgehead atoms. The SMILES string of the molecule is CCOc1ccccc1COC(=O)CN1C(=O)N[C@@](C)(c2ccc(C)cc2)C1=O. The number of imide groups is 1. The van der Waals surface area contributed by atoms with Crippen molar-refractivity contribution in [1.29, 1.82) is 0 Å². The largest absolute Gasteiger partial charge is 0.493 e. The predicted octanol–water partition coefficient (Wildman–Crippen LogP) is 2.90. The fraction of sp³-hybridized carbons (Fsp3) is 0.318. The molecule has 1 atom stereocenters. The molecule has 2 aromatic rings. The van der Waals surface area contributed by atoms with E-state index < -0.39 is 30.0 Å². The Morgan fingerprint density at radius 1 is 1.10 bits per heavy atom. The number of esters is 1. The molecule has 3 rings (SSSR count). The summed E-state index contributed by atoms with van der Waals surface area (Å²) in [6.07, 6.45) is 0. The Hall–Kier alpha value is -3.35. The number of rotatable bonds is 7. The number of para-hydroxylation sites is 1. The lowest BCUT2D eigenvalue weighted by Gasteiger charge is -2.22. The summed E-state index contributed by atoms with van der Waals surface area (Å²) in [5.74, 6) is -0.532. The molecular formula is C22H24N2O5. The van der Waals surface area contributed by atoms with Crippen LogP contribution in [0, 0.1) is 6.92 Å². The Morgan fingerprint density at radius 2 is 1.79 bits per heavy atom. The van der Waals surface area contributed by atoms with Crippen LogP contribution in [0.1, 0.15) is 30.5 Å². The molecule has 29 heavy (non-hydrogen) atoms. The zero-order valence-electron chi connectivity index (χ0n) is 16.7. The maximum absolute atomic E-state index is 12.9. The number of carbonyl (C=O) groups is 3. The van der Waals surface area contributed by atoms with Gasteiger partial charge in [0.15, 0.2) is 0 Å². The number of nitrogens with one attached hydrogen (secondary N) is 1. The number of amides is 3. The maximum atomic E-state index is 12.9. The summed E-state index contributed by atoms with van der Waals surface area (Å²) in [4.78, 5) is 38.4. The average Bonchev–Trinajstić information content (AvgIpc) is 2.92. The molecule has 1 saturated heterocycles. The highest BCUT2D eigenvalue weighted by molar-refractivity contribution is 6.08. The van der Waals surface area contributed by atoms with Gasteiger partial charge in [0.05, 0.1) is 6.61 Å². The number of urea groups is 1. The van der Waals surface area contributed by atoms with Gasteiger partial charge in [0, 0.05) is 5.56 Å². The Balaban J connectivity index is 1.66. The number of benzene rings is 2. The van der Waals surface area contributed by atoms with Gasteiger partial charge in [-0.15, -0.1) is 0 Å². The monoisotopic (exact) mass is 396 g/mol. The number of hydrogen-bond acceptors (Lipinski definition) is 5. The molecule has 0 spiro atoms. The molecule has 1 aliphatic heterocycles. The van der Waals surface area contributed by atoms with E-state index in [-0.39, 0.29) is 6.61 Å². The summed E-state index contributed by atoms with van der Waals surface area (Å²) in [6.45, 7) is 5.46. The van der Waals surface area contributed by atoms with E-state index >= 15 is 0 Å². The van der Waals surface area contributed by atoms with Gasteiger partial charge in [-0.05, 0) is 32.4 Å². The van der Waals surface area contributed by atoms with Crippen molar-refractivity contribution in [3.63, 3.8) is 0 Å². The first-order valence-corrected chi connectivity index (χ1v) is 9.42. The molecule has 7 nitrogen and oxygen atoms in total. The van der Waals surface area contributed by atoms with E-state index in [0.717, 1.165) is 10.5 Å². The first kappa shape index (κ1) is 20.4. The van der Waals surface area contributed by atoms with Gasteiger partial charge in [-0.1, -0.05) is 48.0 Å². The van der Waals surface area contributed by atoms with Crippen LogP contribution in [0.2, 0.25) is 0 Å². The number of carbonyl (C=O) groups excluding carboxylic acids is 3. The standard InChI is InChI=1S/C22H24N2O5/c1-4-28-18-8-6-5-7-16(18)14-29-19(25)13-24-20(26)22(3,23-21(24)27)17-11-9-15(2)10-12-17/h5-12H,4,13-14H2,1-3H3,(H,23,27)/t22-/m0/s1. The highest BCUT2D eigenvalue weighted by Gasteiger charge is 2.49. The van der Waals surface area contributed by atoms with Gasteiger partial charge in [-0.25, -0.2) is 4.79 Å². The molecule has 0 saturated carbocycles. The highest BCUT2D eigenvalue weighted by atomic mass is 16.5. The van der Waals surface area contributed by atoms with E-state index in [1.54, 1.807) is 31.2 Å². The lowest BCUT2D eigenvalue weighted by atomic mass is 9.91. The van der Waals surface area contributed by atoms with Crippen LogP contribution in [0.15, 0.2) is 48.5 Å². The normalized spacial score (nSPS) is 18.5. The second-order valence-electron chi connectivity index (χ2n) is 7.01. The van der Waals surface area contributed by atoms with Gasteiger partial charge in [-0.3, -0.25) is 14.5 Å². The lowest BCUT2D eigenvalue weighted by Crippen LogP contribution is -2.41. The molecule has 2 aromatic carbocycles. The smallest absolute Gasteiger partial charge is 0.326 e. The molecule has 152 valence electrons. The predicted molar refractivity (Wildman–Crippen MR) is 106 cm³/mol. The van der Waals surface area contributed by atoms with E-state index in [1.165, 1.54) is 0 Å². The minimum atomic E-state index is -1.22. The first-order chi connectivity index (χ1) is 13.8. The van der Waals surface area contributed by atoms with Crippen LogP contribution < -0.4 is 10.1 Å². The molecule has 7 heteroatoms. The molecule has 1 heterocycles. The van der Waals surface area contributed by atoms with Crippen molar-refractivity contribution in [3.05, 3.63) is 65.2 Å². The molecule has 1 aliphatic rings. The van der Waals surface area contributed by atoms with Gasteiger partial charge in [-0.2, -0.15) is 0 Å². The molecule has 3 amide bonds. The topological polar surface area (TPSA) is 84.9 Å². The average molecular weight is 396 g/mol. The molecule has 0 aliphatic carbocycles. The number of ether oxygens (including phenoxy) is 2. The summed E-state index contributed by atoms with van der Waals surface area (Å²) in [6, 6.07) is 13.9. The van der Waals surface area contributed by atoms with Crippen molar-refractivity contribution in [2.24, 2.45) is 0 Å². The van der Waals surface area contributed by atoms with E-state index in [0.29, 0.717) is 23.5 Å². The number of aryl methyl sites for hydroxylation is 1. The van der Waals surface area contributed by atoms with Gasteiger partial charge < -0.3 is 14.8 Å².